The number of rotatable bonds is 6. The quantitative estimate of drug-likeness (QED) is 0.803. The summed E-state index contributed by atoms with van der Waals surface area (Å²) < 4.78 is 47.1. The number of hydrogen-bond donors (Lipinski definition) is 1. The first-order chi connectivity index (χ1) is 8.87. The van der Waals surface area contributed by atoms with Gasteiger partial charge in [-0.05, 0) is 40.0 Å². The highest BCUT2D eigenvalue weighted by Gasteiger charge is 2.26. The van der Waals surface area contributed by atoms with Gasteiger partial charge in [-0.25, -0.2) is 0 Å². The van der Waals surface area contributed by atoms with Crippen LogP contribution in [0, 0.1) is 0 Å². The molecule has 0 radical (unpaired) electrons. The molecule has 2 N–H and O–H groups in total. The van der Waals surface area contributed by atoms with Crippen molar-refractivity contribution in [2.75, 3.05) is 13.7 Å². The number of methoxy groups -OCH3 is 1. The molecule has 0 spiro atoms. The van der Waals surface area contributed by atoms with E-state index in [0.717, 1.165) is 5.56 Å². The molecule has 1 aromatic rings. The standard InChI is InChI=1S/C12H15BrF3NO2/c1-18-10-6-8(7-17)5-9(13)11(10)19-4-2-3-12(14,15)16/h5-6H,2-4,7,17H2,1H3. The Hall–Kier alpha value is -0.950. The molecule has 0 unspecified atom stereocenters. The smallest absolute Gasteiger partial charge is 0.389 e. The van der Waals surface area contributed by atoms with E-state index >= 15 is 0 Å². The van der Waals surface area contributed by atoms with Crippen LogP contribution in [0.5, 0.6) is 11.5 Å². The van der Waals surface area contributed by atoms with Crippen LogP contribution >= 0.6 is 15.9 Å². The predicted molar refractivity (Wildman–Crippen MR) is 69.4 cm³/mol. The fourth-order valence-electron chi connectivity index (χ4n) is 1.48. The van der Waals surface area contributed by atoms with Crippen LogP contribution in [-0.2, 0) is 6.54 Å². The van der Waals surface area contributed by atoms with E-state index in [1.54, 1.807) is 12.1 Å². The van der Waals surface area contributed by atoms with Crippen molar-refractivity contribution in [1.82, 2.24) is 0 Å². The second-order valence-corrected chi connectivity index (χ2v) is 4.73. The van der Waals surface area contributed by atoms with Crippen molar-refractivity contribution in [1.29, 1.82) is 0 Å². The van der Waals surface area contributed by atoms with Crippen molar-refractivity contribution in [3.63, 3.8) is 0 Å². The summed E-state index contributed by atoms with van der Waals surface area (Å²) in [5.41, 5.74) is 6.36. The minimum atomic E-state index is -4.16. The lowest BCUT2D eigenvalue weighted by Crippen LogP contribution is -2.10. The number of ether oxygens (including phenoxy) is 2. The van der Waals surface area contributed by atoms with Gasteiger partial charge >= 0.3 is 6.18 Å². The summed E-state index contributed by atoms with van der Waals surface area (Å²) in [5.74, 6) is 0.837. The van der Waals surface area contributed by atoms with Crippen molar-refractivity contribution in [3.8, 4) is 11.5 Å². The zero-order valence-corrected chi connectivity index (χ0v) is 12.0. The van der Waals surface area contributed by atoms with Crippen LogP contribution in [0.15, 0.2) is 16.6 Å². The van der Waals surface area contributed by atoms with Gasteiger partial charge in [0, 0.05) is 13.0 Å². The third kappa shape index (κ3) is 5.28. The van der Waals surface area contributed by atoms with E-state index in [-0.39, 0.29) is 13.0 Å². The van der Waals surface area contributed by atoms with Gasteiger partial charge in [0.1, 0.15) is 0 Å². The second kappa shape index (κ2) is 7.00. The summed E-state index contributed by atoms with van der Waals surface area (Å²) >= 11 is 3.29. The zero-order valence-electron chi connectivity index (χ0n) is 10.4. The summed E-state index contributed by atoms with van der Waals surface area (Å²) in [6.07, 6.45) is -5.13. The number of halogens is 4. The predicted octanol–water partition coefficient (Wildman–Crippen LogP) is 3.64. The van der Waals surface area contributed by atoms with E-state index in [1.165, 1.54) is 7.11 Å². The van der Waals surface area contributed by atoms with Gasteiger partial charge in [0.15, 0.2) is 11.5 Å². The fourth-order valence-corrected chi connectivity index (χ4v) is 2.08. The summed E-state index contributed by atoms with van der Waals surface area (Å²) in [7, 11) is 1.46. The van der Waals surface area contributed by atoms with E-state index < -0.39 is 12.6 Å². The van der Waals surface area contributed by atoms with Crippen LogP contribution in [0.4, 0.5) is 13.2 Å². The Morgan fingerprint density at radius 3 is 2.53 bits per heavy atom. The topological polar surface area (TPSA) is 44.5 Å². The van der Waals surface area contributed by atoms with Gasteiger partial charge in [0.2, 0.25) is 0 Å². The number of alkyl halides is 3. The Kier molecular flexibility index (Phi) is 5.93. The minimum absolute atomic E-state index is 0.0313. The van der Waals surface area contributed by atoms with Crippen molar-refractivity contribution in [3.05, 3.63) is 22.2 Å². The molecule has 0 heterocycles. The highest BCUT2D eigenvalue weighted by molar-refractivity contribution is 9.10. The van der Waals surface area contributed by atoms with Crippen molar-refractivity contribution < 1.29 is 22.6 Å². The molecule has 1 aromatic carbocycles. The molecule has 0 atom stereocenters. The molecule has 0 aliphatic rings. The monoisotopic (exact) mass is 341 g/mol. The number of nitrogens with two attached hydrogens (primary N) is 1. The summed E-state index contributed by atoms with van der Waals surface area (Å²) in [6.45, 7) is 0.305. The highest BCUT2D eigenvalue weighted by Crippen LogP contribution is 2.36. The van der Waals surface area contributed by atoms with Gasteiger partial charge in [0.05, 0.1) is 18.2 Å². The molecule has 0 amide bonds. The van der Waals surface area contributed by atoms with Gasteiger partial charge in [0.25, 0.3) is 0 Å². The molecule has 7 heteroatoms. The summed E-state index contributed by atoms with van der Waals surface area (Å²) in [5, 5.41) is 0. The maximum Gasteiger partial charge on any atom is 0.389 e. The Morgan fingerprint density at radius 1 is 1.32 bits per heavy atom. The lowest BCUT2D eigenvalue weighted by Gasteiger charge is -2.14. The normalized spacial score (nSPS) is 11.5. The van der Waals surface area contributed by atoms with Crippen LogP contribution in [0.25, 0.3) is 0 Å². The van der Waals surface area contributed by atoms with Crippen LogP contribution < -0.4 is 15.2 Å². The molecular weight excluding hydrogens is 327 g/mol. The first-order valence-corrected chi connectivity index (χ1v) is 6.42. The first-order valence-electron chi connectivity index (χ1n) is 5.63. The van der Waals surface area contributed by atoms with Crippen molar-refractivity contribution in [2.24, 2.45) is 5.73 Å². The van der Waals surface area contributed by atoms with E-state index in [1.807, 2.05) is 0 Å². The maximum atomic E-state index is 12.0. The van der Waals surface area contributed by atoms with Crippen LogP contribution in [0.3, 0.4) is 0 Å². The van der Waals surface area contributed by atoms with E-state index in [9.17, 15) is 13.2 Å². The van der Waals surface area contributed by atoms with Gasteiger partial charge in [-0.2, -0.15) is 13.2 Å². The molecule has 0 aromatic heterocycles. The lowest BCUT2D eigenvalue weighted by molar-refractivity contribution is -0.136. The second-order valence-electron chi connectivity index (χ2n) is 3.88. The third-order valence-electron chi connectivity index (χ3n) is 2.38. The number of hydrogen-bond acceptors (Lipinski definition) is 3. The zero-order chi connectivity index (χ0) is 14.5. The van der Waals surface area contributed by atoms with Crippen LogP contribution in [-0.4, -0.2) is 19.9 Å². The molecule has 0 bridgehead atoms. The minimum Gasteiger partial charge on any atom is -0.493 e. The van der Waals surface area contributed by atoms with Gasteiger partial charge in [-0.1, -0.05) is 0 Å². The molecular formula is C12H15BrF3NO2. The Balaban J connectivity index is 2.67. The summed E-state index contributed by atoms with van der Waals surface area (Å²) in [4.78, 5) is 0. The molecule has 0 aliphatic carbocycles. The van der Waals surface area contributed by atoms with Gasteiger partial charge in [-0.15, -0.1) is 0 Å². The third-order valence-corrected chi connectivity index (χ3v) is 2.96. The molecule has 0 fully saturated rings. The number of benzene rings is 1. The maximum absolute atomic E-state index is 12.0. The Morgan fingerprint density at radius 2 is 2.00 bits per heavy atom. The van der Waals surface area contributed by atoms with Gasteiger partial charge in [-0.3, -0.25) is 0 Å². The molecule has 0 saturated heterocycles. The van der Waals surface area contributed by atoms with E-state index in [0.29, 0.717) is 22.5 Å². The average Bonchev–Trinajstić information content (AvgIpc) is 2.34. The van der Waals surface area contributed by atoms with Crippen molar-refractivity contribution >= 4 is 15.9 Å². The lowest BCUT2D eigenvalue weighted by atomic mass is 10.2. The van der Waals surface area contributed by atoms with Crippen LogP contribution in [0.2, 0.25) is 0 Å². The van der Waals surface area contributed by atoms with Crippen LogP contribution in [0.1, 0.15) is 18.4 Å². The molecule has 1 rings (SSSR count). The first kappa shape index (κ1) is 16.1. The van der Waals surface area contributed by atoms with E-state index in [2.05, 4.69) is 15.9 Å². The highest BCUT2D eigenvalue weighted by atomic mass is 79.9. The Labute approximate surface area is 118 Å². The summed E-state index contributed by atoms with van der Waals surface area (Å²) in [6, 6.07) is 3.45. The van der Waals surface area contributed by atoms with Crippen molar-refractivity contribution in [2.45, 2.75) is 25.6 Å². The molecule has 108 valence electrons. The molecule has 3 nitrogen and oxygen atoms in total. The molecule has 19 heavy (non-hydrogen) atoms. The van der Waals surface area contributed by atoms with E-state index in [4.69, 9.17) is 15.2 Å². The largest absolute Gasteiger partial charge is 0.493 e. The van der Waals surface area contributed by atoms with Gasteiger partial charge < -0.3 is 15.2 Å². The molecule has 0 saturated carbocycles. The molecule has 0 aliphatic heterocycles. The fraction of sp³-hybridized carbons (Fsp3) is 0.500. The average molecular weight is 342 g/mol. The Bertz CT molecular complexity index is 424. The SMILES string of the molecule is COc1cc(CN)cc(Br)c1OCCCC(F)(F)F.